The number of nitrogens with zero attached hydrogens (tertiary/aromatic N) is 2. The lowest BCUT2D eigenvalue weighted by Gasteiger charge is -2.13. The average Bonchev–Trinajstić information content (AvgIpc) is 2.62. The summed E-state index contributed by atoms with van der Waals surface area (Å²) in [6, 6.07) is 23.0. The number of rotatable bonds is 2. The number of benzene rings is 3. The van der Waals surface area contributed by atoms with E-state index in [2.05, 4.69) is 61.3 Å². The summed E-state index contributed by atoms with van der Waals surface area (Å²) in [7, 11) is 0. The molecular weight excluding hydrogens is 292 g/mol. The SMILES string of the molecule is Cc1ccc(-c2ncc3ccccc3n2)c(-c2ccccc2C)c1. The van der Waals surface area contributed by atoms with Crippen molar-refractivity contribution in [1.82, 2.24) is 9.97 Å². The van der Waals surface area contributed by atoms with Gasteiger partial charge in [-0.2, -0.15) is 0 Å². The summed E-state index contributed by atoms with van der Waals surface area (Å²) in [6.07, 6.45) is 1.90. The van der Waals surface area contributed by atoms with Gasteiger partial charge in [-0.15, -0.1) is 0 Å². The molecule has 0 saturated carbocycles. The summed E-state index contributed by atoms with van der Waals surface area (Å²) in [4.78, 5) is 9.39. The molecule has 4 rings (SSSR count). The van der Waals surface area contributed by atoms with Gasteiger partial charge in [0.1, 0.15) is 0 Å². The smallest absolute Gasteiger partial charge is 0.160 e. The maximum Gasteiger partial charge on any atom is 0.160 e. The fraction of sp³-hybridized carbons (Fsp3) is 0.0909. The van der Waals surface area contributed by atoms with Crippen LogP contribution in [0.15, 0.2) is 72.9 Å². The van der Waals surface area contributed by atoms with Crippen LogP contribution >= 0.6 is 0 Å². The molecule has 116 valence electrons. The van der Waals surface area contributed by atoms with Gasteiger partial charge in [0.25, 0.3) is 0 Å². The van der Waals surface area contributed by atoms with Crippen molar-refractivity contribution < 1.29 is 0 Å². The van der Waals surface area contributed by atoms with E-state index in [0.29, 0.717) is 0 Å². The summed E-state index contributed by atoms with van der Waals surface area (Å²) in [5.74, 6) is 0.770. The van der Waals surface area contributed by atoms with E-state index < -0.39 is 0 Å². The second-order valence-corrected chi connectivity index (χ2v) is 6.12. The normalized spacial score (nSPS) is 10.9. The summed E-state index contributed by atoms with van der Waals surface area (Å²) in [5, 5.41) is 1.06. The Balaban J connectivity index is 1.96. The van der Waals surface area contributed by atoms with Gasteiger partial charge in [0, 0.05) is 17.1 Å². The molecule has 2 heteroatoms. The largest absolute Gasteiger partial charge is 0.236 e. The molecule has 0 fully saturated rings. The number of fused-ring (bicyclic) bond motifs is 1. The van der Waals surface area contributed by atoms with Crippen molar-refractivity contribution in [3.63, 3.8) is 0 Å². The van der Waals surface area contributed by atoms with Gasteiger partial charge < -0.3 is 0 Å². The van der Waals surface area contributed by atoms with Gasteiger partial charge >= 0.3 is 0 Å². The first-order valence-corrected chi connectivity index (χ1v) is 8.11. The van der Waals surface area contributed by atoms with E-state index in [4.69, 9.17) is 4.98 Å². The van der Waals surface area contributed by atoms with Gasteiger partial charge in [0.05, 0.1) is 5.52 Å². The zero-order valence-corrected chi connectivity index (χ0v) is 13.8. The molecule has 0 saturated heterocycles. The van der Waals surface area contributed by atoms with Crippen LogP contribution in [-0.2, 0) is 0 Å². The minimum absolute atomic E-state index is 0.770. The highest BCUT2D eigenvalue weighted by Crippen LogP contribution is 2.33. The maximum absolute atomic E-state index is 4.78. The van der Waals surface area contributed by atoms with Crippen LogP contribution in [0, 0.1) is 13.8 Å². The second kappa shape index (κ2) is 5.89. The van der Waals surface area contributed by atoms with E-state index in [1.54, 1.807) is 0 Å². The van der Waals surface area contributed by atoms with E-state index in [-0.39, 0.29) is 0 Å². The molecule has 0 amide bonds. The number of aryl methyl sites for hydroxylation is 2. The molecule has 2 nitrogen and oxygen atoms in total. The molecule has 0 spiro atoms. The van der Waals surface area contributed by atoms with Crippen molar-refractivity contribution in [2.45, 2.75) is 13.8 Å². The quantitative estimate of drug-likeness (QED) is 0.483. The number of hydrogen-bond donors (Lipinski definition) is 0. The lowest BCUT2D eigenvalue weighted by atomic mass is 9.94. The molecule has 0 N–H and O–H groups in total. The third kappa shape index (κ3) is 2.56. The van der Waals surface area contributed by atoms with Crippen LogP contribution in [-0.4, -0.2) is 9.97 Å². The second-order valence-electron chi connectivity index (χ2n) is 6.12. The first kappa shape index (κ1) is 14.6. The minimum Gasteiger partial charge on any atom is -0.236 e. The fourth-order valence-electron chi connectivity index (χ4n) is 3.05. The summed E-state index contributed by atoms with van der Waals surface area (Å²) in [6.45, 7) is 4.26. The molecule has 0 aliphatic heterocycles. The lowest BCUT2D eigenvalue weighted by molar-refractivity contribution is 1.22. The zero-order chi connectivity index (χ0) is 16.5. The molecule has 0 aliphatic carbocycles. The van der Waals surface area contributed by atoms with Crippen LogP contribution in [0.3, 0.4) is 0 Å². The Kier molecular flexibility index (Phi) is 3.58. The Morgan fingerprint density at radius 2 is 1.50 bits per heavy atom. The van der Waals surface area contributed by atoms with Crippen LogP contribution < -0.4 is 0 Å². The van der Waals surface area contributed by atoms with Crippen molar-refractivity contribution in [2.24, 2.45) is 0 Å². The number of hydrogen-bond acceptors (Lipinski definition) is 2. The van der Waals surface area contributed by atoms with Crippen molar-refractivity contribution in [3.8, 4) is 22.5 Å². The molecule has 0 bridgehead atoms. The van der Waals surface area contributed by atoms with Gasteiger partial charge in [0.2, 0.25) is 0 Å². The Bertz CT molecular complexity index is 1030. The van der Waals surface area contributed by atoms with Gasteiger partial charge in [-0.1, -0.05) is 66.2 Å². The number of aromatic nitrogens is 2. The molecule has 0 atom stereocenters. The first-order valence-electron chi connectivity index (χ1n) is 8.11. The molecule has 0 aliphatic rings. The van der Waals surface area contributed by atoms with Gasteiger partial charge in [0.15, 0.2) is 5.82 Å². The summed E-state index contributed by atoms with van der Waals surface area (Å²) >= 11 is 0. The molecule has 1 aromatic heterocycles. The van der Waals surface area contributed by atoms with Crippen molar-refractivity contribution >= 4 is 10.9 Å². The highest BCUT2D eigenvalue weighted by molar-refractivity contribution is 5.85. The van der Waals surface area contributed by atoms with Crippen LogP contribution in [0.5, 0.6) is 0 Å². The molecule has 24 heavy (non-hydrogen) atoms. The molecular formula is C22H18N2. The third-order valence-electron chi connectivity index (χ3n) is 4.34. The van der Waals surface area contributed by atoms with Gasteiger partial charge in [-0.3, -0.25) is 0 Å². The Labute approximate surface area is 141 Å². The number of para-hydroxylation sites is 1. The van der Waals surface area contributed by atoms with Crippen LogP contribution in [0.2, 0.25) is 0 Å². The van der Waals surface area contributed by atoms with E-state index in [1.807, 2.05) is 30.5 Å². The topological polar surface area (TPSA) is 25.8 Å². The maximum atomic E-state index is 4.78. The highest BCUT2D eigenvalue weighted by atomic mass is 14.9. The van der Waals surface area contributed by atoms with Crippen molar-refractivity contribution in [1.29, 1.82) is 0 Å². The summed E-state index contributed by atoms with van der Waals surface area (Å²) in [5.41, 5.74) is 6.94. The molecule has 1 heterocycles. The first-order chi connectivity index (χ1) is 11.7. The van der Waals surface area contributed by atoms with E-state index in [9.17, 15) is 0 Å². The van der Waals surface area contributed by atoms with Gasteiger partial charge in [-0.05, 0) is 36.6 Å². The molecule has 0 unspecified atom stereocenters. The highest BCUT2D eigenvalue weighted by Gasteiger charge is 2.12. The minimum atomic E-state index is 0.770. The van der Waals surface area contributed by atoms with Crippen LogP contribution in [0.25, 0.3) is 33.4 Å². The Morgan fingerprint density at radius 1 is 0.708 bits per heavy atom. The predicted octanol–water partition coefficient (Wildman–Crippen LogP) is 5.58. The van der Waals surface area contributed by atoms with Crippen LogP contribution in [0.1, 0.15) is 11.1 Å². The lowest BCUT2D eigenvalue weighted by Crippen LogP contribution is -1.94. The summed E-state index contributed by atoms with van der Waals surface area (Å²) < 4.78 is 0. The third-order valence-corrected chi connectivity index (χ3v) is 4.34. The molecule has 3 aromatic carbocycles. The standard InChI is InChI=1S/C22H18N2/c1-15-11-12-19(20(13-15)18-9-5-3-7-16(18)2)22-23-14-17-8-4-6-10-21(17)24-22/h3-14H,1-2H3. The predicted molar refractivity (Wildman–Crippen MR) is 99.9 cm³/mol. The molecule has 4 aromatic rings. The Morgan fingerprint density at radius 3 is 2.38 bits per heavy atom. The van der Waals surface area contributed by atoms with E-state index >= 15 is 0 Å². The van der Waals surface area contributed by atoms with E-state index in [0.717, 1.165) is 22.3 Å². The average molecular weight is 310 g/mol. The van der Waals surface area contributed by atoms with Crippen molar-refractivity contribution in [3.05, 3.63) is 84.1 Å². The fourth-order valence-corrected chi connectivity index (χ4v) is 3.05. The zero-order valence-electron chi connectivity index (χ0n) is 13.8. The monoisotopic (exact) mass is 310 g/mol. The Hall–Kier alpha value is -3.00. The van der Waals surface area contributed by atoms with Crippen molar-refractivity contribution in [2.75, 3.05) is 0 Å². The van der Waals surface area contributed by atoms with E-state index in [1.165, 1.54) is 22.3 Å². The molecule has 0 radical (unpaired) electrons. The van der Waals surface area contributed by atoms with Crippen LogP contribution in [0.4, 0.5) is 0 Å². The van der Waals surface area contributed by atoms with Gasteiger partial charge in [-0.25, -0.2) is 9.97 Å².